The van der Waals surface area contributed by atoms with Gasteiger partial charge in [-0.1, -0.05) is 48.4 Å². The molecule has 1 N–H and O–H groups in total. The number of sulfonamides is 1. The predicted molar refractivity (Wildman–Crippen MR) is 154 cm³/mol. The fourth-order valence-corrected chi connectivity index (χ4v) is 5.94. The highest BCUT2D eigenvalue weighted by Crippen LogP contribution is 2.27. The van der Waals surface area contributed by atoms with Gasteiger partial charge >= 0.3 is 0 Å². The van der Waals surface area contributed by atoms with Crippen LogP contribution in [0, 0.1) is 6.92 Å². The molecular weight excluding hydrogens is 542 g/mol. The quantitative estimate of drug-likeness (QED) is 0.322. The zero-order valence-corrected chi connectivity index (χ0v) is 24.2. The van der Waals surface area contributed by atoms with Gasteiger partial charge in [-0.15, -0.1) is 11.8 Å². The Balaban J connectivity index is 2.04. The number of rotatable bonds is 11. The summed E-state index contributed by atoms with van der Waals surface area (Å²) in [6.45, 7) is 3.35. The molecule has 0 fully saturated rings. The second-order valence-electron chi connectivity index (χ2n) is 8.71. The number of carbonyl (C=O) groups excluding carboxylic acids is 2. The van der Waals surface area contributed by atoms with Crippen LogP contribution in [0.4, 0.5) is 5.69 Å². The Kier molecular flexibility index (Phi) is 10.2. The van der Waals surface area contributed by atoms with Crippen LogP contribution in [0.2, 0.25) is 5.02 Å². The van der Waals surface area contributed by atoms with Gasteiger partial charge in [-0.2, -0.15) is 0 Å². The molecule has 202 valence electrons. The number of hydrogen-bond donors (Lipinski definition) is 1. The van der Waals surface area contributed by atoms with E-state index < -0.39 is 28.5 Å². The number of nitrogens with one attached hydrogen (secondary N) is 1. The van der Waals surface area contributed by atoms with Crippen molar-refractivity contribution in [1.29, 1.82) is 0 Å². The van der Waals surface area contributed by atoms with E-state index >= 15 is 0 Å². The Morgan fingerprint density at radius 3 is 2.11 bits per heavy atom. The Morgan fingerprint density at radius 2 is 1.58 bits per heavy atom. The van der Waals surface area contributed by atoms with Gasteiger partial charge in [0, 0.05) is 23.5 Å². The largest absolute Gasteiger partial charge is 0.357 e. The van der Waals surface area contributed by atoms with Gasteiger partial charge in [0.15, 0.2) is 0 Å². The number of thioether (sulfide) groups is 1. The molecule has 1 unspecified atom stereocenters. The van der Waals surface area contributed by atoms with Crippen LogP contribution in [-0.2, 0) is 26.2 Å². The minimum absolute atomic E-state index is 0.0752. The van der Waals surface area contributed by atoms with Crippen LogP contribution in [0.5, 0.6) is 0 Å². The number of carbonyl (C=O) groups is 2. The van der Waals surface area contributed by atoms with E-state index in [1.54, 1.807) is 60.7 Å². The minimum Gasteiger partial charge on any atom is -0.357 e. The van der Waals surface area contributed by atoms with Crippen molar-refractivity contribution in [3.05, 3.63) is 88.9 Å². The lowest BCUT2D eigenvalue weighted by molar-refractivity contribution is -0.140. The molecular formula is C28H32ClN3O4S2. The number of amides is 2. The zero-order chi connectivity index (χ0) is 27.9. The highest BCUT2D eigenvalue weighted by molar-refractivity contribution is 7.98. The third kappa shape index (κ3) is 7.09. The average Bonchev–Trinajstić information content (AvgIpc) is 2.92. The van der Waals surface area contributed by atoms with E-state index in [9.17, 15) is 18.0 Å². The molecule has 0 spiro atoms. The summed E-state index contributed by atoms with van der Waals surface area (Å²) in [5.74, 6) is -0.826. The molecule has 3 aromatic carbocycles. The molecule has 3 rings (SSSR count). The molecule has 0 aliphatic rings. The van der Waals surface area contributed by atoms with Gasteiger partial charge in [0.2, 0.25) is 11.8 Å². The lowest BCUT2D eigenvalue weighted by Gasteiger charge is -2.33. The molecule has 7 nitrogen and oxygen atoms in total. The molecule has 0 saturated carbocycles. The molecule has 10 heteroatoms. The summed E-state index contributed by atoms with van der Waals surface area (Å²) in [6, 6.07) is 19.7. The Labute approximate surface area is 234 Å². The van der Waals surface area contributed by atoms with Crippen molar-refractivity contribution in [3.8, 4) is 0 Å². The third-order valence-electron chi connectivity index (χ3n) is 6.15. The number of benzene rings is 3. The maximum absolute atomic E-state index is 13.9. The van der Waals surface area contributed by atoms with Crippen LogP contribution in [-0.4, -0.2) is 51.0 Å². The van der Waals surface area contributed by atoms with Gasteiger partial charge in [0.1, 0.15) is 12.6 Å². The summed E-state index contributed by atoms with van der Waals surface area (Å²) in [5.41, 5.74) is 2.08. The van der Waals surface area contributed by atoms with Crippen LogP contribution >= 0.6 is 23.4 Å². The van der Waals surface area contributed by atoms with E-state index in [0.29, 0.717) is 17.1 Å². The minimum atomic E-state index is -4.10. The van der Waals surface area contributed by atoms with Crippen molar-refractivity contribution < 1.29 is 18.0 Å². The number of halogens is 1. The van der Waals surface area contributed by atoms with Gasteiger partial charge in [-0.05, 0) is 73.7 Å². The topological polar surface area (TPSA) is 86.8 Å². The second-order valence-corrected chi connectivity index (χ2v) is 11.9. The summed E-state index contributed by atoms with van der Waals surface area (Å²) in [7, 11) is -2.59. The maximum Gasteiger partial charge on any atom is 0.264 e. The molecule has 0 aliphatic heterocycles. The Bertz CT molecular complexity index is 1350. The summed E-state index contributed by atoms with van der Waals surface area (Å²) in [5, 5.41) is 3.17. The van der Waals surface area contributed by atoms with Crippen LogP contribution in [0.25, 0.3) is 0 Å². The van der Waals surface area contributed by atoms with Crippen molar-refractivity contribution in [1.82, 2.24) is 10.2 Å². The van der Waals surface area contributed by atoms with Gasteiger partial charge in [-0.3, -0.25) is 13.9 Å². The fourth-order valence-electron chi connectivity index (χ4n) is 3.99. The number of hydrogen-bond acceptors (Lipinski definition) is 5. The van der Waals surface area contributed by atoms with Crippen molar-refractivity contribution in [2.45, 2.75) is 42.6 Å². The van der Waals surface area contributed by atoms with Gasteiger partial charge < -0.3 is 10.2 Å². The number of likely N-dealkylation sites (N-methyl/N-ethyl adjacent to an activating group) is 1. The van der Waals surface area contributed by atoms with Crippen molar-refractivity contribution in [2.24, 2.45) is 0 Å². The summed E-state index contributed by atoms with van der Waals surface area (Å²) in [6.07, 6.45) is 2.26. The first-order valence-corrected chi connectivity index (χ1v) is 15.1. The zero-order valence-electron chi connectivity index (χ0n) is 21.8. The number of nitrogens with zero attached hydrogens (tertiary/aromatic N) is 2. The monoisotopic (exact) mass is 573 g/mol. The number of aryl methyl sites for hydroxylation is 1. The van der Waals surface area contributed by atoms with Crippen LogP contribution in [0.15, 0.2) is 82.6 Å². The molecule has 0 bridgehead atoms. The number of anilines is 1. The highest BCUT2D eigenvalue weighted by atomic mass is 35.5. The average molecular weight is 574 g/mol. The second kappa shape index (κ2) is 13.2. The lowest BCUT2D eigenvalue weighted by Crippen LogP contribution is -2.51. The van der Waals surface area contributed by atoms with Gasteiger partial charge in [0.05, 0.1) is 10.6 Å². The van der Waals surface area contributed by atoms with Gasteiger partial charge in [-0.25, -0.2) is 8.42 Å². The van der Waals surface area contributed by atoms with Crippen molar-refractivity contribution >= 4 is 50.9 Å². The van der Waals surface area contributed by atoms with Crippen molar-refractivity contribution in [3.63, 3.8) is 0 Å². The molecule has 0 aromatic heterocycles. The maximum atomic E-state index is 13.9. The highest BCUT2D eigenvalue weighted by Gasteiger charge is 2.33. The van der Waals surface area contributed by atoms with E-state index in [1.807, 2.05) is 20.1 Å². The molecule has 1 atom stereocenters. The van der Waals surface area contributed by atoms with E-state index in [-0.39, 0.29) is 17.3 Å². The Hall–Kier alpha value is -3.01. The van der Waals surface area contributed by atoms with E-state index in [2.05, 4.69) is 5.32 Å². The Morgan fingerprint density at radius 1 is 0.974 bits per heavy atom. The summed E-state index contributed by atoms with van der Waals surface area (Å²) >= 11 is 7.54. The standard InChI is InChI=1S/C28H32ClN3O4S2/c1-5-26(28(34)30-3)31(18-21-8-10-22(29)11-9-21)27(33)19-32(23-12-6-20(2)7-13-23)38(35,36)25-16-14-24(37-4)15-17-25/h6-17,26H,5,18-19H2,1-4H3,(H,30,34). The third-order valence-corrected chi connectivity index (χ3v) is 8.93. The summed E-state index contributed by atoms with van der Waals surface area (Å²) in [4.78, 5) is 29.0. The predicted octanol–water partition coefficient (Wildman–Crippen LogP) is 5.12. The molecule has 0 aliphatic carbocycles. The first kappa shape index (κ1) is 29.5. The molecule has 2 amide bonds. The normalized spacial score (nSPS) is 12.0. The van der Waals surface area contributed by atoms with Crippen LogP contribution < -0.4 is 9.62 Å². The van der Waals surface area contributed by atoms with E-state index in [4.69, 9.17) is 11.6 Å². The van der Waals surface area contributed by atoms with E-state index in [0.717, 1.165) is 20.3 Å². The van der Waals surface area contributed by atoms with Crippen LogP contribution in [0.1, 0.15) is 24.5 Å². The smallest absolute Gasteiger partial charge is 0.264 e. The molecule has 38 heavy (non-hydrogen) atoms. The SMILES string of the molecule is CCC(C(=O)NC)N(Cc1ccc(Cl)cc1)C(=O)CN(c1ccc(C)cc1)S(=O)(=O)c1ccc(SC)cc1. The first-order valence-electron chi connectivity index (χ1n) is 12.1. The molecule has 3 aromatic rings. The van der Waals surface area contributed by atoms with E-state index in [1.165, 1.54) is 35.8 Å². The molecule has 0 heterocycles. The molecule has 0 saturated heterocycles. The summed E-state index contributed by atoms with van der Waals surface area (Å²) < 4.78 is 28.8. The van der Waals surface area contributed by atoms with Crippen molar-refractivity contribution in [2.75, 3.05) is 24.2 Å². The van der Waals surface area contributed by atoms with Crippen LogP contribution in [0.3, 0.4) is 0 Å². The fraction of sp³-hybridized carbons (Fsp3) is 0.286. The molecule has 0 radical (unpaired) electrons. The van der Waals surface area contributed by atoms with Gasteiger partial charge in [0.25, 0.3) is 10.0 Å². The first-order chi connectivity index (χ1) is 18.1. The lowest BCUT2D eigenvalue weighted by atomic mass is 10.1.